The van der Waals surface area contributed by atoms with Gasteiger partial charge in [-0.05, 0) is 12.1 Å². The molecule has 1 aliphatic rings. The summed E-state index contributed by atoms with van der Waals surface area (Å²) in [7, 11) is 0. The van der Waals surface area contributed by atoms with E-state index in [1.54, 1.807) is 12.1 Å². The molecule has 0 amide bonds. The first-order chi connectivity index (χ1) is 9.20. The van der Waals surface area contributed by atoms with E-state index in [-0.39, 0.29) is 12.7 Å². The third-order valence-electron chi connectivity index (χ3n) is 2.79. The molecular weight excluding hydrogens is 285 g/mol. The average molecular weight is 300 g/mol. The fourth-order valence-electron chi connectivity index (χ4n) is 1.90. The molecule has 6 heteroatoms. The highest BCUT2D eigenvalue weighted by molar-refractivity contribution is 6.35. The highest BCUT2D eigenvalue weighted by Gasteiger charge is 2.21. The molecule has 1 aliphatic heterocycles. The zero-order valence-corrected chi connectivity index (χ0v) is 11.8. The van der Waals surface area contributed by atoms with Crippen LogP contribution in [0.2, 0.25) is 10.0 Å². The number of rotatable bonds is 5. The Morgan fingerprint density at radius 2 is 2.32 bits per heavy atom. The van der Waals surface area contributed by atoms with E-state index in [4.69, 9.17) is 34.4 Å². The van der Waals surface area contributed by atoms with Crippen LogP contribution >= 0.6 is 23.2 Å². The van der Waals surface area contributed by atoms with E-state index in [0.29, 0.717) is 16.6 Å². The van der Waals surface area contributed by atoms with Crippen LogP contribution in [0.15, 0.2) is 18.2 Å². The first-order valence-corrected chi connectivity index (χ1v) is 6.65. The number of nitrogens with zero attached hydrogens (tertiary/aromatic N) is 1. The van der Waals surface area contributed by atoms with Crippen molar-refractivity contribution < 1.29 is 4.74 Å². The van der Waals surface area contributed by atoms with E-state index in [1.807, 2.05) is 11.1 Å². The van der Waals surface area contributed by atoms with E-state index in [0.717, 1.165) is 18.9 Å². The lowest BCUT2D eigenvalue weighted by atomic mass is 10.1. The minimum absolute atomic E-state index is 0.201. The van der Waals surface area contributed by atoms with E-state index in [2.05, 4.69) is 16.7 Å². The summed E-state index contributed by atoms with van der Waals surface area (Å²) in [5, 5.41) is 6.38. The smallest absolute Gasteiger partial charge is 0.108 e. The highest BCUT2D eigenvalue weighted by atomic mass is 35.5. The van der Waals surface area contributed by atoms with Gasteiger partial charge in [-0.15, -0.1) is 6.42 Å². The Kier molecular flexibility index (Phi) is 5.46. The van der Waals surface area contributed by atoms with Crippen LogP contribution in [0.5, 0.6) is 0 Å². The summed E-state index contributed by atoms with van der Waals surface area (Å²) < 4.78 is 5.69. The third kappa shape index (κ3) is 4.08. The Hall–Kier alpha value is -0.800. The van der Waals surface area contributed by atoms with Gasteiger partial charge >= 0.3 is 0 Å². The van der Waals surface area contributed by atoms with Gasteiger partial charge in [-0.2, -0.15) is 0 Å². The minimum atomic E-state index is -0.201. The summed E-state index contributed by atoms with van der Waals surface area (Å²) in [4.78, 5) is 0. The minimum Gasteiger partial charge on any atom is -0.359 e. The maximum atomic E-state index is 6.22. The Morgan fingerprint density at radius 3 is 2.95 bits per heavy atom. The molecule has 0 bridgehead atoms. The van der Waals surface area contributed by atoms with E-state index >= 15 is 0 Å². The van der Waals surface area contributed by atoms with Gasteiger partial charge in [-0.1, -0.05) is 35.2 Å². The molecule has 1 unspecified atom stereocenters. The monoisotopic (exact) mass is 299 g/mol. The average Bonchev–Trinajstić information content (AvgIpc) is 2.88. The maximum Gasteiger partial charge on any atom is 0.108 e. The molecule has 1 aromatic rings. The van der Waals surface area contributed by atoms with Crippen LogP contribution in [-0.4, -0.2) is 31.5 Å². The molecule has 102 valence electrons. The Bertz CT molecular complexity index is 469. The van der Waals surface area contributed by atoms with Gasteiger partial charge in [0.05, 0.1) is 19.4 Å². The van der Waals surface area contributed by atoms with Gasteiger partial charge in [0.1, 0.15) is 6.61 Å². The number of nitrogens with one attached hydrogen (secondary N) is 2. The fraction of sp³-hybridized carbons (Fsp3) is 0.385. The standard InChI is InChI=1S/C13H15Cl2N3O/c1-2-5-19-13(7-18-9-16-8-17-18)11-4-3-10(14)6-12(11)15/h1,3-4,6,13,16-17H,5,7-9H2. The van der Waals surface area contributed by atoms with E-state index < -0.39 is 0 Å². The van der Waals surface area contributed by atoms with Gasteiger partial charge in [-0.3, -0.25) is 5.32 Å². The second kappa shape index (κ2) is 7.11. The van der Waals surface area contributed by atoms with E-state index in [9.17, 15) is 0 Å². The molecule has 1 heterocycles. The normalized spacial score (nSPS) is 17.3. The van der Waals surface area contributed by atoms with Gasteiger partial charge in [0.25, 0.3) is 0 Å². The molecule has 0 aliphatic carbocycles. The topological polar surface area (TPSA) is 36.5 Å². The number of halogens is 2. The van der Waals surface area contributed by atoms with Gasteiger partial charge in [-0.25, -0.2) is 10.4 Å². The van der Waals surface area contributed by atoms with Crippen LogP contribution in [0.1, 0.15) is 11.7 Å². The second-order valence-electron chi connectivity index (χ2n) is 4.14. The summed E-state index contributed by atoms with van der Waals surface area (Å²) in [6, 6.07) is 5.38. The molecule has 19 heavy (non-hydrogen) atoms. The van der Waals surface area contributed by atoms with Gasteiger partial charge in [0.2, 0.25) is 0 Å². The van der Waals surface area contributed by atoms with Gasteiger partial charge in [0, 0.05) is 22.2 Å². The van der Waals surface area contributed by atoms with Crippen LogP contribution in [0, 0.1) is 12.3 Å². The molecule has 0 saturated carbocycles. The summed E-state index contributed by atoms with van der Waals surface area (Å²) in [6.07, 6.45) is 5.05. The van der Waals surface area contributed by atoms with Crippen LogP contribution in [0.25, 0.3) is 0 Å². The number of hydrogen-bond donors (Lipinski definition) is 2. The van der Waals surface area contributed by atoms with Gasteiger partial charge < -0.3 is 4.74 Å². The Morgan fingerprint density at radius 1 is 1.47 bits per heavy atom. The predicted molar refractivity (Wildman–Crippen MR) is 76.7 cm³/mol. The Balaban J connectivity index is 2.13. The van der Waals surface area contributed by atoms with Crippen molar-refractivity contribution in [1.82, 2.24) is 15.8 Å². The van der Waals surface area contributed by atoms with E-state index in [1.165, 1.54) is 0 Å². The van der Waals surface area contributed by atoms with Crippen molar-refractivity contribution in [2.24, 2.45) is 0 Å². The molecule has 0 radical (unpaired) electrons. The van der Waals surface area contributed by atoms with Crippen LogP contribution < -0.4 is 10.7 Å². The molecule has 0 aromatic heterocycles. The summed E-state index contributed by atoms with van der Waals surface area (Å²) >= 11 is 12.1. The zero-order valence-electron chi connectivity index (χ0n) is 10.3. The molecule has 0 spiro atoms. The first-order valence-electron chi connectivity index (χ1n) is 5.90. The quantitative estimate of drug-likeness (QED) is 0.816. The lowest BCUT2D eigenvalue weighted by Crippen LogP contribution is -2.35. The van der Waals surface area contributed by atoms with Crippen molar-refractivity contribution in [2.75, 3.05) is 26.5 Å². The number of benzene rings is 1. The first kappa shape index (κ1) is 14.6. The lowest BCUT2D eigenvalue weighted by Gasteiger charge is -2.23. The highest BCUT2D eigenvalue weighted by Crippen LogP contribution is 2.29. The summed E-state index contributed by atoms with van der Waals surface area (Å²) in [5.74, 6) is 2.48. The van der Waals surface area contributed by atoms with Crippen molar-refractivity contribution in [2.45, 2.75) is 6.10 Å². The molecule has 2 N–H and O–H groups in total. The molecule has 1 atom stereocenters. The Labute approximate surface area is 123 Å². The number of ether oxygens (including phenoxy) is 1. The maximum absolute atomic E-state index is 6.22. The number of terminal acetylenes is 1. The predicted octanol–water partition coefficient (Wildman–Crippen LogP) is 2.01. The molecular formula is C13H15Cl2N3O. The van der Waals surface area contributed by atoms with Crippen molar-refractivity contribution >= 4 is 23.2 Å². The summed E-state index contributed by atoms with van der Waals surface area (Å²) in [5.41, 5.74) is 4.07. The van der Waals surface area contributed by atoms with Crippen molar-refractivity contribution in [1.29, 1.82) is 0 Å². The van der Waals surface area contributed by atoms with Crippen LogP contribution in [-0.2, 0) is 4.74 Å². The third-order valence-corrected chi connectivity index (χ3v) is 3.36. The number of hydrogen-bond acceptors (Lipinski definition) is 4. The van der Waals surface area contributed by atoms with Crippen LogP contribution in [0.4, 0.5) is 0 Å². The number of hydrazine groups is 1. The summed E-state index contributed by atoms with van der Waals surface area (Å²) in [6.45, 7) is 2.39. The zero-order chi connectivity index (χ0) is 13.7. The molecule has 1 fully saturated rings. The fourth-order valence-corrected chi connectivity index (χ4v) is 2.43. The second-order valence-corrected chi connectivity index (χ2v) is 4.98. The van der Waals surface area contributed by atoms with Gasteiger partial charge in [0.15, 0.2) is 0 Å². The van der Waals surface area contributed by atoms with Crippen molar-refractivity contribution in [3.63, 3.8) is 0 Å². The molecule has 2 rings (SSSR count). The molecule has 4 nitrogen and oxygen atoms in total. The largest absolute Gasteiger partial charge is 0.359 e. The van der Waals surface area contributed by atoms with Crippen molar-refractivity contribution in [3.05, 3.63) is 33.8 Å². The van der Waals surface area contributed by atoms with Crippen LogP contribution in [0.3, 0.4) is 0 Å². The SMILES string of the molecule is C#CCOC(CN1CNCN1)c1ccc(Cl)cc1Cl. The van der Waals surface area contributed by atoms with Crippen molar-refractivity contribution in [3.8, 4) is 12.3 Å². The lowest BCUT2D eigenvalue weighted by molar-refractivity contribution is 0.0385. The molecule has 1 aromatic carbocycles. The molecule has 1 saturated heterocycles.